The first-order valence-corrected chi connectivity index (χ1v) is 7.21. The lowest BCUT2D eigenvalue weighted by Crippen LogP contribution is -2.44. The van der Waals surface area contributed by atoms with E-state index >= 15 is 0 Å². The van der Waals surface area contributed by atoms with Gasteiger partial charge in [0.05, 0.1) is 6.04 Å². The Hall–Kier alpha value is -1.36. The number of nitrogens with two attached hydrogens (primary N) is 1. The van der Waals surface area contributed by atoms with E-state index < -0.39 is 0 Å². The minimum absolute atomic E-state index is 0.0814. The Morgan fingerprint density at radius 2 is 2.10 bits per heavy atom. The molecule has 5 heteroatoms. The lowest BCUT2D eigenvalue weighted by Gasteiger charge is -2.30. The van der Waals surface area contributed by atoms with Crippen LogP contribution in [0.15, 0.2) is 11.6 Å². The Morgan fingerprint density at radius 1 is 1.45 bits per heavy atom. The number of rotatable bonds is 5. The molecule has 2 amide bonds. The van der Waals surface area contributed by atoms with Gasteiger partial charge >= 0.3 is 0 Å². The summed E-state index contributed by atoms with van der Waals surface area (Å²) in [7, 11) is 0. The van der Waals surface area contributed by atoms with E-state index in [-0.39, 0.29) is 23.3 Å². The summed E-state index contributed by atoms with van der Waals surface area (Å²) in [6.45, 7) is 9.84. The number of nitrogens with zero attached hydrogens (tertiary/aromatic N) is 1. The lowest BCUT2D eigenvalue weighted by atomic mass is 9.95. The van der Waals surface area contributed by atoms with Gasteiger partial charge < -0.3 is 11.1 Å². The second-order valence-electron chi connectivity index (χ2n) is 6.44. The molecule has 1 unspecified atom stereocenters. The van der Waals surface area contributed by atoms with Crippen LogP contribution < -0.4 is 11.1 Å². The lowest BCUT2D eigenvalue weighted by molar-refractivity contribution is -0.128. The summed E-state index contributed by atoms with van der Waals surface area (Å²) in [4.78, 5) is 24.9. The minimum Gasteiger partial charge on any atom is -0.368 e. The van der Waals surface area contributed by atoms with Gasteiger partial charge in [0.1, 0.15) is 0 Å². The number of primary amides is 1. The van der Waals surface area contributed by atoms with Gasteiger partial charge in [-0.15, -0.1) is 0 Å². The second kappa shape index (κ2) is 6.88. The molecular formula is C15H27N3O2. The summed E-state index contributed by atoms with van der Waals surface area (Å²) in [6.07, 6.45) is 3.95. The monoisotopic (exact) mass is 281 g/mol. The minimum atomic E-state index is -0.339. The van der Waals surface area contributed by atoms with Gasteiger partial charge in [0.2, 0.25) is 11.8 Å². The van der Waals surface area contributed by atoms with Crippen LogP contribution in [0.1, 0.15) is 40.5 Å². The van der Waals surface area contributed by atoms with E-state index in [1.165, 1.54) is 5.57 Å². The molecule has 1 rings (SSSR count). The number of carbonyl (C=O) groups excluding carboxylic acids is 2. The van der Waals surface area contributed by atoms with Crippen molar-refractivity contribution in [1.29, 1.82) is 0 Å². The van der Waals surface area contributed by atoms with E-state index in [0.717, 1.165) is 25.9 Å². The molecule has 114 valence electrons. The average molecular weight is 281 g/mol. The van der Waals surface area contributed by atoms with Gasteiger partial charge in [-0.1, -0.05) is 32.4 Å². The summed E-state index contributed by atoms with van der Waals surface area (Å²) < 4.78 is 0. The predicted octanol–water partition coefficient (Wildman–Crippen LogP) is 1.04. The highest BCUT2D eigenvalue weighted by Gasteiger charge is 2.22. The van der Waals surface area contributed by atoms with Crippen molar-refractivity contribution in [2.24, 2.45) is 11.1 Å². The summed E-state index contributed by atoms with van der Waals surface area (Å²) in [6, 6.07) is -0.214. The zero-order chi connectivity index (χ0) is 15.3. The van der Waals surface area contributed by atoms with Crippen LogP contribution in [0.4, 0.5) is 0 Å². The maximum atomic E-state index is 11.7. The summed E-state index contributed by atoms with van der Waals surface area (Å²) in [5.41, 5.74) is 6.31. The molecule has 0 aliphatic carbocycles. The molecule has 1 aliphatic rings. The third-order valence-electron chi connectivity index (χ3n) is 3.71. The van der Waals surface area contributed by atoms with Crippen LogP contribution in [0.5, 0.6) is 0 Å². The van der Waals surface area contributed by atoms with Crippen LogP contribution in [0.25, 0.3) is 0 Å². The highest BCUT2D eigenvalue weighted by Crippen LogP contribution is 2.16. The highest BCUT2D eigenvalue weighted by atomic mass is 16.2. The molecule has 20 heavy (non-hydrogen) atoms. The highest BCUT2D eigenvalue weighted by molar-refractivity contribution is 5.81. The molecule has 0 aromatic carbocycles. The van der Waals surface area contributed by atoms with E-state index in [1.807, 2.05) is 27.7 Å². The predicted molar refractivity (Wildman–Crippen MR) is 80.0 cm³/mol. The number of carbonyl (C=O) groups is 2. The van der Waals surface area contributed by atoms with Gasteiger partial charge in [-0.2, -0.15) is 0 Å². The van der Waals surface area contributed by atoms with Crippen LogP contribution >= 0.6 is 0 Å². The normalized spacial score (nSPS) is 18.3. The molecule has 0 saturated heterocycles. The molecule has 0 aromatic rings. The van der Waals surface area contributed by atoms with Gasteiger partial charge in [0, 0.05) is 25.0 Å². The zero-order valence-corrected chi connectivity index (χ0v) is 13.0. The summed E-state index contributed by atoms with van der Waals surface area (Å²) >= 11 is 0. The third-order valence-corrected chi connectivity index (χ3v) is 3.71. The smallest absolute Gasteiger partial charge is 0.234 e. The van der Waals surface area contributed by atoms with Crippen molar-refractivity contribution < 1.29 is 9.59 Å². The van der Waals surface area contributed by atoms with Crippen LogP contribution in [-0.4, -0.2) is 42.4 Å². The van der Waals surface area contributed by atoms with Crippen molar-refractivity contribution in [3.63, 3.8) is 0 Å². The molecule has 1 heterocycles. The van der Waals surface area contributed by atoms with Gasteiger partial charge in [-0.3, -0.25) is 14.5 Å². The SMILES string of the molecule is CC(C(N)=O)N1CC=C(CCNC(=O)C(C)(C)C)CC1. The molecule has 5 nitrogen and oxygen atoms in total. The standard InChI is InChI=1S/C15H27N3O2/c1-11(13(16)19)18-9-6-12(7-10-18)5-8-17-14(20)15(2,3)4/h6,11H,5,7-10H2,1-4H3,(H2,16,19)(H,17,20). The Balaban J connectivity index is 2.34. The number of hydrogen-bond acceptors (Lipinski definition) is 3. The molecule has 0 bridgehead atoms. The summed E-state index contributed by atoms with van der Waals surface area (Å²) in [5, 5.41) is 2.95. The van der Waals surface area contributed by atoms with Gasteiger partial charge in [0.15, 0.2) is 0 Å². The van der Waals surface area contributed by atoms with Gasteiger partial charge in [-0.25, -0.2) is 0 Å². The van der Waals surface area contributed by atoms with Crippen molar-refractivity contribution in [1.82, 2.24) is 10.2 Å². The Bertz CT molecular complexity index is 396. The van der Waals surface area contributed by atoms with Crippen molar-refractivity contribution in [3.05, 3.63) is 11.6 Å². The number of nitrogens with one attached hydrogen (secondary N) is 1. The first kappa shape index (κ1) is 16.7. The van der Waals surface area contributed by atoms with Crippen molar-refractivity contribution in [2.45, 2.75) is 46.6 Å². The fraction of sp³-hybridized carbons (Fsp3) is 0.733. The molecule has 0 fully saturated rings. The van der Waals surface area contributed by atoms with Crippen LogP contribution in [0.3, 0.4) is 0 Å². The van der Waals surface area contributed by atoms with Crippen LogP contribution in [-0.2, 0) is 9.59 Å². The van der Waals surface area contributed by atoms with E-state index in [4.69, 9.17) is 5.73 Å². The summed E-state index contributed by atoms with van der Waals surface area (Å²) in [5.74, 6) is -0.197. The largest absolute Gasteiger partial charge is 0.368 e. The molecule has 0 saturated carbocycles. The molecule has 1 aliphatic heterocycles. The topological polar surface area (TPSA) is 75.4 Å². The molecule has 0 radical (unpaired) electrons. The fourth-order valence-corrected chi connectivity index (χ4v) is 2.09. The zero-order valence-electron chi connectivity index (χ0n) is 13.0. The first-order chi connectivity index (χ1) is 9.21. The van der Waals surface area contributed by atoms with E-state index in [9.17, 15) is 9.59 Å². The molecule has 3 N–H and O–H groups in total. The average Bonchev–Trinajstić information content (AvgIpc) is 2.37. The van der Waals surface area contributed by atoms with Crippen LogP contribution in [0, 0.1) is 5.41 Å². The van der Waals surface area contributed by atoms with E-state index in [2.05, 4.69) is 16.3 Å². The Kier molecular flexibility index (Phi) is 5.74. The van der Waals surface area contributed by atoms with E-state index in [0.29, 0.717) is 6.54 Å². The Morgan fingerprint density at radius 3 is 2.55 bits per heavy atom. The molecular weight excluding hydrogens is 254 g/mol. The van der Waals surface area contributed by atoms with E-state index in [1.54, 1.807) is 0 Å². The van der Waals surface area contributed by atoms with Crippen molar-refractivity contribution >= 4 is 11.8 Å². The number of hydrogen-bond donors (Lipinski definition) is 2. The maximum Gasteiger partial charge on any atom is 0.234 e. The Labute approximate surface area is 121 Å². The fourth-order valence-electron chi connectivity index (χ4n) is 2.09. The quantitative estimate of drug-likeness (QED) is 0.739. The van der Waals surface area contributed by atoms with Crippen LogP contribution in [0.2, 0.25) is 0 Å². The van der Waals surface area contributed by atoms with Gasteiger partial charge in [-0.05, 0) is 19.8 Å². The molecule has 0 spiro atoms. The first-order valence-electron chi connectivity index (χ1n) is 7.21. The third kappa shape index (κ3) is 4.96. The molecule has 0 aromatic heterocycles. The van der Waals surface area contributed by atoms with Crippen molar-refractivity contribution in [3.8, 4) is 0 Å². The number of amides is 2. The second-order valence-corrected chi connectivity index (χ2v) is 6.44. The van der Waals surface area contributed by atoms with Crippen molar-refractivity contribution in [2.75, 3.05) is 19.6 Å². The van der Waals surface area contributed by atoms with Gasteiger partial charge in [0.25, 0.3) is 0 Å². The maximum absolute atomic E-state index is 11.7. The molecule has 1 atom stereocenters.